The molecule has 5 nitrogen and oxygen atoms in total. The molecule has 0 saturated heterocycles. The summed E-state index contributed by atoms with van der Waals surface area (Å²) in [6.07, 6.45) is 13.6. The van der Waals surface area contributed by atoms with E-state index in [1.807, 2.05) is 13.8 Å². The van der Waals surface area contributed by atoms with Gasteiger partial charge in [-0.1, -0.05) is 93.9 Å². The zero-order valence-corrected chi connectivity index (χ0v) is 34.6. The van der Waals surface area contributed by atoms with Crippen LogP contribution < -0.4 is 0 Å². The molecule has 1 aromatic carbocycles. The number of carbonyl (C=O) groups is 1. The third kappa shape index (κ3) is 13.1. The Kier molecular flexibility index (Phi) is 15.7. The second-order valence-electron chi connectivity index (χ2n) is 16.6. The molecule has 8 heteroatoms. The average Bonchev–Trinajstić information content (AvgIpc) is 3.18. The molecule has 1 N–H and O–H groups in total. The van der Waals surface area contributed by atoms with Gasteiger partial charge in [0.15, 0.2) is 16.6 Å². The van der Waals surface area contributed by atoms with Gasteiger partial charge in [-0.2, -0.15) is 0 Å². The number of carbonyl (C=O) groups excluding carboxylic acids is 1. The van der Waals surface area contributed by atoms with E-state index in [-0.39, 0.29) is 46.2 Å². The first kappa shape index (κ1) is 41.1. The number of aliphatic hydroxyl groups is 1. The lowest BCUT2D eigenvalue weighted by atomic mass is 9.89. The van der Waals surface area contributed by atoms with Gasteiger partial charge in [0.25, 0.3) is 0 Å². The van der Waals surface area contributed by atoms with Crippen molar-refractivity contribution < 1.29 is 23.5 Å². The summed E-state index contributed by atoms with van der Waals surface area (Å²) in [5.74, 6) is 0.0118. The number of aryl methyl sites for hydroxylation is 1. The van der Waals surface area contributed by atoms with Crippen molar-refractivity contribution in [2.45, 2.75) is 161 Å². The molecule has 0 radical (unpaired) electrons. The van der Waals surface area contributed by atoms with E-state index in [9.17, 15) is 9.90 Å². The molecule has 5 atom stereocenters. The first-order valence-electron chi connectivity index (χ1n) is 17.4. The SMILES string of the molecule is CC(C)OC(=O)CCC/C=C\C[C@@H]1[C@@H](/C=C/[C@@H](CCc2cccc(Br)c2)O[Si](C)(C)C(C)(C)C)[C@H](O[Si](C)(C)C(C)(C)C)C[C@@H]1O. The highest BCUT2D eigenvalue weighted by Crippen LogP contribution is 2.44. The molecule has 0 spiro atoms. The van der Waals surface area contributed by atoms with Gasteiger partial charge in [-0.3, -0.25) is 4.79 Å². The quantitative estimate of drug-likeness (QED) is 0.0792. The highest BCUT2D eigenvalue weighted by atomic mass is 79.9. The van der Waals surface area contributed by atoms with Crippen molar-refractivity contribution in [3.05, 3.63) is 58.6 Å². The molecule has 2 rings (SSSR count). The molecule has 1 fully saturated rings. The third-order valence-corrected chi connectivity index (χ3v) is 19.7. The lowest BCUT2D eigenvalue weighted by Crippen LogP contribution is -2.45. The summed E-state index contributed by atoms with van der Waals surface area (Å²) in [6, 6.07) is 8.54. The fraction of sp³-hybridized carbons (Fsp3) is 0.711. The Morgan fingerprint density at radius 2 is 1.70 bits per heavy atom. The van der Waals surface area contributed by atoms with Crippen LogP contribution in [0.2, 0.25) is 36.3 Å². The summed E-state index contributed by atoms with van der Waals surface area (Å²) in [5, 5.41) is 11.6. The van der Waals surface area contributed by atoms with Crippen molar-refractivity contribution in [1.82, 2.24) is 0 Å². The molecule has 0 aromatic heterocycles. The second kappa shape index (κ2) is 17.6. The monoisotopic (exact) mass is 736 g/mol. The van der Waals surface area contributed by atoms with E-state index in [0.717, 1.165) is 36.6 Å². The Balaban J connectivity index is 2.31. The van der Waals surface area contributed by atoms with Crippen molar-refractivity contribution >= 4 is 38.5 Å². The molecule has 0 bridgehead atoms. The van der Waals surface area contributed by atoms with Crippen LogP contribution in [-0.2, 0) is 24.8 Å². The Hall–Kier alpha value is -1.04. The number of rotatable bonds is 16. The van der Waals surface area contributed by atoms with Gasteiger partial charge < -0.3 is 18.7 Å². The van der Waals surface area contributed by atoms with Gasteiger partial charge in [0.2, 0.25) is 0 Å². The van der Waals surface area contributed by atoms with Crippen LogP contribution in [0.3, 0.4) is 0 Å². The first-order chi connectivity index (χ1) is 21.1. The van der Waals surface area contributed by atoms with Crippen molar-refractivity contribution in [2.24, 2.45) is 11.8 Å². The summed E-state index contributed by atoms with van der Waals surface area (Å²) < 4.78 is 20.4. The molecule has 1 aliphatic rings. The van der Waals surface area contributed by atoms with Gasteiger partial charge in [0.05, 0.1) is 24.4 Å². The molecule has 1 aromatic rings. The smallest absolute Gasteiger partial charge is 0.306 e. The number of aliphatic hydroxyl groups excluding tert-OH is 1. The van der Waals surface area contributed by atoms with Crippen molar-refractivity contribution in [1.29, 1.82) is 0 Å². The van der Waals surface area contributed by atoms with E-state index >= 15 is 0 Å². The third-order valence-electron chi connectivity index (χ3n) is 10.2. The van der Waals surface area contributed by atoms with Crippen LogP contribution >= 0.6 is 15.9 Å². The van der Waals surface area contributed by atoms with Gasteiger partial charge in [-0.15, -0.1) is 0 Å². The summed E-state index contributed by atoms with van der Waals surface area (Å²) in [7, 11) is -4.10. The molecule has 0 amide bonds. The highest BCUT2D eigenvalue weighted by molar-refractivity contribution is 9.10. The van der Waals surface area contributed by atoms with E-state index in [4.69, 9.17) is 13.6 Å². The maximum atomic E-state index is 11.9. The maximum Gasteiger partial charge on any atom is 0.306 e. The Bertz CT molecular complexity index is 1150. The Morgan fingerprint density at radius 1 is 1.04 bits per heavy atom. The lowest BCUT2D eigenvalue weighted by Gasteiger charge is -2.40. The minimum atomic E-state index is -2.06. The van der Waals surface area contributed by atoms with Crippen LogP contribution in [0.4, 0.5) is 0 Å². The molecule has 0 unspecified atom stereocenters. The minimum Gasteiger partial charge on any atom is -0.463 e. The summed E-state index contributed by atoms with van der Waals surface area (Å²) in [5.41, 5.74) is 1.29. The van der Waals surface area contributed by atoms with E-state index in [1.54, 1.807) is 0 Å². The molecule has 1 saturated carbocycles. The highest BCUT2D eigenvalue weighted by Gasteiger charge is 2.47. The molecule has 262 valence electrons. The topological polar surface area (TPSA) is 65.0 Å². The number of hydrogen-bond acceptors (Lipinski definition) is 5. The van der Waals surface area contributed by atoms with Crippen molar-refractivity contribution in [2.75, 3.05) is 0 Å². The molecule has 0 heterocycles. The van der Waals surface area contributed by atoms with Gasteiger partial charge in [0, 0.05) is 16.8 Å². The van der Waals surface area contributed by atoms with Crippen LogP contribution in [0.15, 0.2) is 53.0 Å². The number of hydrogen-bond donors (Lipinski definition) is 1. The Labute approximate surface area is 292 Å². The van der Waals surface area contributed by atoms with Gasteiger partial charge in [-0.05, 0) is 112 Å². The molecule has 46 heavy (non-hydrogen) atoms. The van der Waals surface area contributed by atoms with Gasteiger partial charge in [0.1, 0.15) is 0 Å². The lowest BCUT2D eigenvalue weighted by molar-refractivity contribution is -0.147. The summed E-state index contributed by atoms with van der Waals surface area (Å²) >= 11 is 3.63. The molecule has 1 aliphatic carbocycles. The van der Waals surface area contributed by atoms with Gasteiger partial charge >= 0.3 is 5.97 Å². The molecular weight excluding hydrogens is 672 g/mol. The van der Waals surface area contributed by atoms with E-state index in [1.165, 1.54) is 5.56 Å². The average molecular weight is 738 g/mol. The largest absolute Gasteiger partial charge is 0.463 e. The summed E-state index contributed by atoms with van der Waals surface area (Å²) in [4.78, 5) is 11.9. The van der Waals surface area contributed by atoms with Gasteiger partial charge in [-0.25, -0.2) is 0 Å². The second-order valence-corrected chi connectivity index (χ2v) is 27.0. The summed E-state index contributed by atoms with van der Waals surface area (Å²) in [6.45, 7) is 26.7. The van der Waals surface area contributed by atoms with Crippen LogP contribution in [0.5, 0.6) is 0 Å². The van der Waals surface area contributed by atoms with E-state index in [2.05, 4.69) is 132 Å². The van der Waals surface area contributed by atoms with Crippen molar-refractivity contribution in [3.63, 3.8) is 0 Å². The zero-order chi connectivity index (χ0) is 34.9. The van der Waals surface area contributed by atoms with E-state index in [0.29, 0.717) is 12.8 Å². The number of benzene rings is 1. The molecular formula is C38H65BrO5Si2. The van der Waals surface area contributed by atoms with E-state index < -0.39 is 22.7 Å². The number of allylic oxidation sites excluding steroid dienone is 2. The minimum absolute atomic E-state index is 0.0204. The number of ether oxygens (including phenoxy) is 1. The van der Waals surface area contributed by atoms with Crippen LogP contribution in [-0.4, -0.2) is 52.1 Å². The Morgan fingerprint density at radius 3 is 2.28 bits per heavy atom. The van der Waals surface area contributed by atoms with Crippen molar-refractivity contribution in [3.8, 4) is 0 Å². The fourth-order valence-corrected chi connectivity index (χ4v) is 8.54. The normalized spacial score (nSPS) is 22.3. The number of halogens is 1. The maximum absolute atomic E-state index is 11.9. The predicted octanol–water partition coefficient (Wildman–Crippen LogP) is 10.8. The van der Waals surface area contributed by atoms with Crippen LogP contribution in [0.25, 0.3) is 0 Å². The van der Waals surface area contributed by atoms with Crippen LogP contribution in [0, 0.1) is 11.8 Å². The fourth-order valence-electron chi connectivity index (χ4n) is 5.43. The number of esters is 1. The van der Waals surface area contributed by atoms with Crippen LogP contribution in [0.1, 0.15) is 99.5 Å². The number of unbranched alkanes of at least 4 members (excludes halogenated alkanes) is 1. The standard InChI is InChI=1S/C38H65BrO5Si2/c1-28(2)42-36(41)21-16-14-13-15-20-32-33(35(27-34(32)40)44-46(11,12)38(6,7)8)25-24-31(43-45(9,10)37(3,4)5)23-22-29-18-17-19-30(39)26-29/h13,15,17-19,24-26,28,31-35,40H,14,16,20-23,27H2,1-12H3/b15-13-,25-24+/t31-,32-,33-,34+,35-/m1/s1. The zero-order valence-electron chi connectivity index (χ0n) is 31.0. The first-order valence-corrected chi connectivity index (χ1v) is 24.0. The molecule has 0 aliphatic heterocycles. The predicted molar refractivity (Wildman–Crippen MR) is 202 cm³/mol.